The molecule has 1 aliphatic rings. The van der Waals surface area contributed by atoms with Crippen molar-refractivity contribution in [3.8, 4) is 0 Å². The Morgan fingerprint density at radius 3 is 2.35 bits per heavy atom. The van der Waals surface area contributed by atoms with E-state index in [0.29, 0.717) is 17.8 Å². The van der Waals surface area contributed by atoms with E-state index in [-0.39, 0.29) is 5.41 Å². The summed E-state index contributed by atoms with van der Waals surface area (Å²) in [5.41, 5.74) is -0.408. The molecule has 0 radical (unpaired) electrons. The molecule has 0 aliphatic heterocycles. The van der Waals surface area contributed by atoms with Crippen LogP contribution in [0, 0.1) is 23.2 Å². The van der Waals surface area contributed by atoms with E-state index in [1.54, 1.807) is 0 Å². The number of allylic oxidation sites excluding steroid dienone is 1. The lowest BCUT2D eigenvalue weighted by Crippen LogP contribution is -2.40. The van der Waals surface area contributed by atoms with Gasteiger partial charge in [0.2, 0.25) is 0 Å². The second-order valence-corrected chi connectivity index (χ2v) is 7.11. The maximum atomic E-state index is 10.7. The molecule has 0 unspecified atom stereocenters. The molecule has 1 heteroatoms. The molecular formula is C16H30O. The van der Waals surface area contributed by atoms with E-state index in [1.807, 2.05) is 13.0 Å². The number of hydrogen-bond acceptors (Lipinski definition) is 1. The van der Waals surface area contributed by atoms with Gasteiger partial charge in [-0.3, -0.25) is 0 Å². The van der Waals surface area contributed by atoms with Crippen LogP contribution in [0.25, 0.3) is 0 Å². The molecule has 0 spiro atoms. The van der Waals surface area contributed by atoms with E-state index in [9.17, 15) is 5.11 Å². The highest BCUT2D eigenvalue weighted by Gasteiger charge is 2.47. The molecule has 0 saturated heterocycles. The van der Waals surface area contributed by atoms with E-state index in [1.165, 1.54) is 6.42 Å². The summed E-state index contributed by atoms with van der Waals surface area (Å²) in [5, 5.41) is 10.7. The van der Waals surface area contributed by atoms with Crippen molar-refractivity contribution in [1.29, 1.82) is 0 Å². The lowest BCUT2D eigenvalue weighted by atomic mass is 9.69. The zero-order valence-corrected chi connectivity index (χ0v) is 12.5. The summed E-state index contributed by atoms with van der Waals surface area (Å²) in [5.74, 6) is 1.75. The molecule has 1 nitrogen and oxygen atoms in total. The van der Waals surface area contributed by atoms with Crippen molar-refractivity contribution in [2.75, 3.05) is 0 Å². The van der Waals surface area contributed by atoms with Crippen molar-refractivity contribution in [2.24, 2.45) is 23.2 Å². The van der Waals surface area contributed by atoms with Crippen LogP contribution in [0.1, 0.15) is 60.8 Å². The SMILES string of the molecule is CC(C)C/C=C/[C@](C)(O)[C@H]1CC[C@@H](C)C1(C)C. The number of rotatable bonds is 4. The maximum Gasteiger partial charge on any atom is 0.0832 e. The zero-order valence-electron chi connectivity index (χ0n) is 12.5. The average Bonchev–Trinajstić information content (AvgIpc) is 2.41. The Morgan fingerprint density at radius 1 is 1.35 bits per heavy atom. The van der Waals surface area contributed by atoms with E-state index in [4.69, 9.17) is 0 Å². The summed E-state index contributed by atoms with van der Waals surface area (Å²) in [4.78, 5) is 0. The Labute approximate surface area is 107 Å². The highest BCUT2D eigenvalue weighted by Crippen LogP contribution is 2.51. The minimum atomic E-state index is -0.650. The van der Waals surface area contributed by atoms with Crippen molar-refractivity contribution in [3.63, 3.8) is 0 Å². The van der Waals surface area contributed by atoms with Crippen LogP contribution in [0.3, 0.4) is 0 Å². The van der Waals surface area contributed by atoms with Crippen molar-refractivity contribution in [1.82, 2.24) is 0 Å². The maximum absolute atomic E-state index is 10.7. The highest BCUT2D eigenvalue weighted by atomic mass is 16.3. The Bertz CT molecular complexity index is 273. The molecule has 0 heterocycles. The molecule has 1 rings (SSSR count). The lowest BCUT2D eigenvalue weighted by molar-refractivity contribution is -0.00870. The lowest BCUT2D eigenvalue weighted by Gasteiger charge is -2.39. The van der Waals surface area contributed by atoms with Gasteiger partial charge >= 0.3 is 0 Å². The minimum Gasteiger partial charge on any atom is -0.386 e. The van der Waals surface area contributed by atoms with Crippen molar-refractivity contribution in [2.45, 2.75) is 66.4 Å². The molecule has 1 saturated carbocycles. The van der Waals surface area contributed by atoms with Crippen molar-refractivity contribution in [3.05, 3.63) is 12.2 Å². The van der Waals surface area contributed by atoms with Gasteiger partial charge in [-0.15, -0.1) is 0 Å². The van der Waals surface area contributed by atoms with Crippen molar-refractivity contribution >= 4 is 0 Å². The summed E-state index contributed by atoms with van der Waals surface area (Å²) < 4.78 is 0. The number of aliphatic hydroxyl groups is 1. The predicted molar refractivity (Wildman–Crippen MR) is 74.9 cm³/mol. The van der Waals surface area contributed by atoms with E-state index < -0.39 is 5.60 Å². The Hall–Kier alpha value is -0.300. The fraction of sp³-hybridized carbons (Fsp3) is 0.875. The van der Waals surface area contributed by atoms with Gasteiger partial charge in [0.25, 0.3) is 0 Å². The average molecular weight is 238 g/mol. The normalized spacial score (nSPS) is 32.2. The van der Waals surface area contributed by atoms with Crippen LogP contribution in [0.4, 0.5) is 0 Å². The molecule has 0 bridgehead atoms. The molecule has 0 aromatic rings. The van der Waals surface area contributed by atoms with Crippen LogP contribution in [-0.4, -0.2) is 10.7 Å². The minimum absolute atomic E-state index is 0.242. The Kier molecular flexibility index (Phi) is 4.46. The van der Waals surface area contributed by atoms with Crippen LogP contribution in [0.2, 0.25) is 0 Å². The van der Waals surface area contributed by atoms with Crippen LogP contribution >= 0.6 is 0 Å². The first kappa shape index (κ1) is 14.8. The third-order valence-corrected chi connectivity index (χ3v) is 4.82. The zero-order chi connectivity index (χ0) is 13.3. The first-order chi connectivity index (χ1) is 7.68. The van der Waals surface area contributed by atoms with Gasteiger partial charge in [-0.05, 0) is 49.4 Å². The van der Waals surface area contributed by atoms with Gasteiger partial charge < -0.3 is 5.11 Å². The molecule has 1 aliphatic carbocycles. The first-order valence-electron chi connectivity index (χ1n) is 7.08. The summed E-state index contributed by atoms with van der Waals surface area (Å²) in [7, 11) is 0. The van der Waals surface area contributed by atoms with Gasteiger partial charge in [-0.25, -0.2) is 0 Å². The molecule has 17 heavy (non-hydrogen) atoms. The van der Waals surface area contributed by atoms with E-state index in [2.05, 4.69) is 40.7 Å². The molecule has 0 aromatic carbocycles. The van der Waals surface area contributed by atoms with Crippen LogP contribution in [0.5, 0.6) is 0 Å². The van der Waals surface area contributed by atoms with Gasteiger partial charge in [0, 0.05) is 0 Å². The summed E-state index contributed by atoms with van der Waals surface area (Å²) in [6.07, 6.45) is 7.64. The van der Waals surface area contributed by atoms with Gasteiger partial charge in [0.15, 0.2) is 0 Å². The van der Waals surface area contributed by atoms with Crippen LogP contribution in [-0.2, 0) is 0 Å². The molecule has 3 atom stereocenters. The molecule has 0 amide bonds. The quantitative estimate of drug-likeness (QED) is 0.719. The highest BCUT2D eigenvalue weighted by molar-refractivity contribution is 5.08. The Balaban J connectivity index is 2.74. The molecular weight excluding hydrogens is 208 g/mol. The second kappa shape index (κ2) is 5.14. The largest absolute Gasteiger partial charge is 0.386 e. The van der Waals surface area contributed by atoms with Crippen molar-refractivity contribution < 1.29 is 5.11 Å². The first-order valence-corrected chi connectivity index (χ1v) is 7.08. The smallest absolute Gasteiger partial charge is 0.0832 e. The molecule has 0 aromatic heterocycles. The van der Waals surface area contributed by atoms with Crippen LogP contribution < -0.4 is 0 Å². The summed E-state index contributed by atoms with van der Waals surface area (Å²) in [6.45, 7) is 13.3. The molecule has 1 fully saturated rings. The van der Waals surface area contributed by atoms with Gasteiger partial charge in [0.1, 0.15) is 0 Å². The fourth-order valence-corrected chi connectivity index (χ4v) is 3.24. The van der Waals surface area contributed by atoms with E-state index in [0.717, 1.165) is 12.8 Å². The van der Waals surface area contributed by atoms with Gasteiger partial charge in [0.05, 0.1) is 5.60 Å². The third-order valence-electron chi connectivity index (χ3n) is 4.82. The Morgan fingerprint density at radius 2 is 1.94 bits per heavy atom. The fourth-order valence-electron chi connectivity index (χ4n) is 3.24. The summed E-state index contributed by atoms with van der Waals surface area (Å²) >= 11 is 0. The molecule has 1 N–H and O–H groups in total. The topological polar surface area (TPSA) is 20.2 Å². The van der Waals surface area contributed by atoms with E-state index >= 15 is 0 Å². The third kappa shape index (κ3) is 3.34. The molecule has 100 valence electrons. The van der Waals surface area contributed by atoms with Crippen LogP contribution in [0.15, 0.2) is 12.2 Å². The summed E-state index contributed by atoms with van der Waals surface area (Å²) in [6, 6.07) is 0. The second-order valence-electron chi connectivity index (χ2n) is 7.11. The number of hydrogen-bond donors (Lipinski definition) is 1. The monoisotopic (exact) mass is 238 g/mol. The standard InChI is InChI=1S/C16H30O/c1-12(2)8-7-11-16(6,17)14-10-9-13(3)15(14,4)5/h7,11-14,17H,8-10H2,1-6H3/b11-7+/t13-,14+,16+/m1/s1. The van der Waals surface area contributed by atoms with Gasteiger partial charge in [-0.2, -0.15) is 0 Å². The van der Waals surface area contributed by atoms with Gasteiger partial charge in [-0.1, -0.05) is 46.8 Å². The predicted octanol–water partition coefficient (Wildman–Crippen LogP) is 4.41.